The molecule has 1 amide bonds. The molecule has 3 rings (SSSR count). The zero-order chi connectivity index (χ0) is 16.2. The fourth-order valence-electron chi connectivity index (χ4n) is 2.87. The third kappa shape index (κ3) is 4.13. The number of amides is 1. The smallest absolute Gasteiger partial charge is 0.251 e. The maximum atomic E-state index is 12.3. The Balaban J connectivity index is 1.50. The van der Waals surface area contributed by atoms with Gasteiger partial charge < -0.3 is 19.9 Å². The van der Waals surface area contributed by atoms with Gasteiger partial charge in [0.05, 0.1) is 0 Å². The average molecular weight is 354 g/mol. The van der Waals surface area contributed by atoms with Crippen molar-refractivity contribution < 1.29 is 9.53 Å². The Morgan fingerprint density at radius 2 is 2.00 bits per heavy atom. The minimum absolute atomic E-state index is 0.121. The Labute approximate surface area is 146 Å². The molecule has 1 N–H and O–H groups in total. The number of ether oxygens (including phenoxy) is 1. The summed E-state index contributed by atoms with van der Waals surface area (Å²) in [6, 6.07) is 7.47. The predicted octanol–water partition coefficient (Wildman–Crippen LogP) is 2.36. The van der Waals surface area contributed by atoms with Crippen molar-refractivity contribution >= 4 is 40.5 Å². The summed E-state index contributed by atoms with van der Waals surface area (Å²) in [7, 11) is 0. The number of carbonyl (C=O) groups excluding carboxylic acids is 1. The summed E-state index contributed by atoms with van der Waals surface area (Å²) in [6.45, 7) is 3.51. The first-order chi connectivity index (χ1) is 11.1. The van der Waals surface area contributed by atoms with E-state index in [1.54, 1.807) is 0 Å². The molecule has 1 aromatic carbocycles. The van der Waals surface area contributed by atoms with Gasteiger partial charge in [0.15, 0.2) is 5.11 Å². The van der Waals surface area contributed by atoms with Gasteiger partial charge in [-0.1, -0.05) is 17.7 Å². The van der Waals surface area contributed by atoms with Crippen LogP contribution in [0.3, 0.4) is 0 Å². The largest absolute Gasteiger partial charge is 0.368 e. The first kappa shape index (κ1) is 16.5. The lowest BCUT2D eigenvalue weighted by atomic mass is 10.2. The lowest BCUT2D eigenvalue weighted by molar-refractivity contribution is -0.142. The molecule has 2 saturated heterocycles. The van der Waals surface area contributed by atoms with E-state index in [1.807, 2.05) is 29.2 Å². The van der Waals surface area contributed by atoms with Crippen molar-refractivity contribution in [2.75, 3.05) is 38.1 Å². The molecule has 2 fully saturated rings. The van der Waals surface area contributed by atoms with Crippen molar-refractivity contribution in [1.82, 2.24) is 9.80 Å². The zero-order valence-corrected chi connectivity index (χ0v) is 14.4. The van der Waals surface area contributed by atoms with Crippen LogP contribution in [0.5, 0.6) is 0 Å². The van der Waals surface area contributed by atoms with Crippen LogP contribution >= 0.6 is 23.8 Å². The van der Waals surface area contributed by atoms with Gasteiger partial charge in [-0.05, 0) is 43.3 Å². The van der Waals surface area contributed by atoms with Crippen LogP contribution in [0.1, 0.15) is 12.8 Å². The summed E-state index contributed by atoms with van der Waals surface area (Å²) >= 11 is 11.4. The number of anilines is 1. The molecule has 0 spiro atoms. The van der Waals surface area contributed by atoms with E-state index in [2.05, 4.69) is 10.2 Å². The molecule has 2 aliphatic rings. The Hall–Kier alpha value is -1.37. The first-order valence-corrected chi connectivity index (χ1v) is 8.64. The lowest BCUT2D eigenvalue weighted by Gasteiger charge is -2.37. The van der Waals surface area contributed by atoms with E-state index in [9.17, 15) is 4.79 Å². The topological polar surface area (TPSA) is 44.8 Å². The second kappa shape index (κ2) is 7.47. The molecule has 2 heterocycles. The fourth-order valence-corrected chi connectivity index (χ4v) is 3.37. The third-order valence-electron chi connectivity index (χ3n) is 4.16. The number of benzene rings is 1. The van der Waals surface area contributed by atoms with Crippen molar-refractivity contribution in [1.29, 1.82) is 0 Å². The van der Waals surface area contributed by atoms with E-state index in [0.717, 1.165) is 31.6 Å². The Kier molecular flexibility index (Phi) is 5.35. The molecule has 1 aromatic rings. The van der Waals surface area contributed by atoms with Crippen LogP contribution in [0.15, 0.2) is 24.3 Å². The predicted molar refractivity (Wildman–Crippen MR) is 94.8 cm³/mol. The molecule has 0 aromatic heterocycles. The molecule has 7 heteroatoms. The van der Waals surface area contributed by atoms with Gasteiger partial charge in [0.1, 0.15) is 6.10 Å². The van der Waals surface area contributed by atoms with Crippen LogP contribution in [-0.4, -0.2) is 59.7 Å². The number of piperazine rings is 1. The molecular weight excluding hydrogens is 334 g/mol. The van der Waals surface area contributed by atoms with E-state index in [4.69, 9.17) is 28.6 Å². The van der Waals surface area contributed by atoms with Crippen LogP contribution < -0.4 is 5.32 Å². The molecule has 0 saturated carbocycles. The van der Waals surface area contributed by atoms with E-state index < -0.39 is 0 Å². The number of hydrogen-bond acceptors (Lipinski definition) is 3. The number of thiocarbonyl (C=S) groups is 1. The summed E-state index contributed by atoms with van der Waals surface area (Å²) in [5.41, 5.74) is 0.875. The number of hydrogen-bond donors (Lipinski definition) is 1. The van der Waals surface area contributed by atoms with E-state index >= 15 is 0 Å². The highest BCUT2D eigenvalue weighted by Gasteiger charge is 2.30. The lowest BCUT2D eigenvalue weighted by Crippen LogP contribution is -2.53. The molecule has 23 heavy (non-hydrogen) atoms. The fraction of sp³-hybridized carbons (Fsp3) is 0.500. The Morgan fingerprint density at radius 3 is 2.65 bits per heavy atom. The Bertz CT molecular complexity index is 584. The summed E-state index contributed by atoms with van der Waals surface area (Å²) in [6.07, 6.45) is 1.58. The van der Waals surface area contributed by atoms with Gasteiger partial charge in [-0.2, -0.15) is 0 Å². The third-order valence-corrected chi connectivity index (χ3v) is 4.75. The first-order valence-electron chi connectivity index (χ1n) is 7.85. The van der Waals surface area contributed by atoms with Crippen molar-refractivity contribution in [3.05, 3.63) is 29.3 Å². The number of nitrogens with one attached hydrogen (secondary N) is 1. The maximum Gasteiger partial charge on any atom is 0.251 e. The minimum atomic E-state index is -0.238. The van der Waals surface area contributed by atoms with Gasteiger partial charge >= 0.3 is 0 Å². The molecule has 0 bridgehead atoms. The molecule has 0 unspecified atom stereocenters. The summed E-state index contributed by atoms with van der Waals surface area (Å²) in [5, 5.41) is 4.53. The van der Waals surface area contributed by atoms with Crippen LogP contribution in [0.4, 0.5) is 5.69 Å². The average Bonchev–Trinajstić information content (AvgIpc) is 3.09. The van der Waals surface area contributed by atoms with E-state index in [1.165, 1.54) is 0 Å². The SMILES string of the molecule is O=C([C@H]1CCCO1)N1CCN(C(=S)Nc2cccc(Cl)c2)CC1. The number of rotatable bonds is 2. The molecule has 0 radical (unpaired) electrons. The van der Waals surface area contributed by atoms with Crippen LogP contribution in [0.25, 0.3) is 0 Å². The standard InChI is InChI=1S/C16H20ClN3O2S/c17-12-3-1-4-13(11-12)18-16(23)20-8-6-19(7-9-20)15(21)14-5-2-10-22-14/h1,3-4,11,14H,2,5-10H2,(H,18,23)/t14-/m1/s1. The maximum absolute atomic E-state index is 12.3. The van der Waals surface area contributed by atoms with Gasteiger partial charge in [-0.15, -0.1) is 0 Å². The van der Waals surface area contributed by atoms with Crippen LogP contribution in [-0.2, 0) is 9.53 Å². The highest BCUT2D eigenvalue weighted by Crippen LogP contribution is 2.18. The number of halogens is 1. The highest BCUT2D eigenvalue weighted by atomic mass is 35.5. The van der Waals surface area contributed by atoms with Crippen molar-refractivity contribution in [2.24, 2.45) is 0 Å². The summed E-state index contributed by atoms with van der Waals surface area (Å²) in [4.78, 5) is 16.3. The molecule has 0 aliphatic carbocycles. The summed E-state index contributed by atoms with van der Waals surface area (Å²) in [5.74, 6) is 0.121. The minimum Gasteiger partial charge on any atom is -0.368 e. The zero-order valence-electron chi connectivity index (χ0n) is 12.8. The van der Waals surface area contributed by atoms with Gasteiger partial charge in [-0.3, -0.25) is 4.79 Å². The van der Waals surface area contributed by atoms with Crippen molar-refractivity contribution in [3.8, 4) is 0 Å². The second-order valence-electron chi connectivity index (χ2n) is 5.75. The summed E-state index contributed by atoms with van der Waals surface area (Å²) < 4.78 is 5.48. The van der Waals surface area contributed by atoms with Gasteiger partial charge in [0.2, 0.25) is 0 Å². The molecular formula is C16H20ClN3O2S. The van der Waals surface area contributed by atoms with E-state index in [0.29, 0.717) is 29.8 Å². The van der Waals surface area contributed by atoms with Crippen molar-refractivity contribution in [3.63, 3.8) is 0 Å². The molecule has 124 valence electrons. The van der Waals surface area contributed by atoms with Gasteiger partial charge in [0, 0.05) is 43.5 Å². The normalized spacial score (nSPS) is 21.3. The molecule has 2 aliphatic heterocycles. The number of carbonyl (C=O) groups is 1. The molecule has 1 atom stereocenters. The van der Waals surface area contributed by atoms with Gasteiger partial charge in [0.25, 0.3) is 5.91 Å². The quantitative estimate of drug-likeness (QED) is 0.827. The van der Waals surface area contributed by atoms with E-state index in [-0.39, 0.29) is 12.0 Å². The molecule has 5 nitrogen and oxygen atoms in total. The Morgan fingerprint density at radius 1 is 1.26 bits per heavy atom. The number of nitrogens with zero attached hydrogens (tertiary/aromatic N) is 2. The van der Waals surface area contributed by atoms with Crippen LogP contribution in [0.2, 0.25) is 5.02 Å². The monoisotopic (exact) mass is 353 g/mol. The second-order valence-corrected chi connectivity index (χ2v) is 6.58. The van der Waals surface area contributed by atoms with Crippen molar-refractivity contribution in [2.45, 2.75) is 18.9 Å². The van der Waals surface area contributed by atoms with Gasteiger partial charge in [-0.25, -0.2) is 0 Å². The highest BCUT2D eigenvalue weighted by molar-refractivity contribution is 7.80. The van der Waals surface area contributed by atoms with Crippen LogP contribution in [0, 0.1) is 0 Å².